The second-order valence-electron chi connectivity index (χ2n) is 3.09. The Balaban J connectivity index is 2.58. The van der Waals surface area contributed by atoms with Gasteiger partial charge in [-0.25, -0.2) is 0 Å². The number of hydrogen-bond donors (Lipinski definition) is 0. The van der Waals surface area contributed by atoms with Crippen LogP contribution in [0.1, 0.15) is 11.1 Å². The molecule has 3 heteroatoms. The van der Waals surface area contributed by atoms with Crippen LogP contribution in [0, 0.1) is 11.3 Å². The van der Waals surface area contributed by atoms with Gasteiger partial charge in [-0.1, -0.05) is 17.7 Å². The Morgan fingerprint density at radius 3 is 2.93 bits per heavy atom. The maximum Gasteiger partial charge on any atom is 0.118 e. The lowest BCUT2D eigenvalue weighted by atomic mass is 10.1. The number of rotatable bonds is 1. The number of methoxy groups -OCH3 is 1. The van der Waals surface area contributed by atoms with E-state index < -0.39 is 0 Å². The second-order valence-corrected chi connectivity index (χ2v) is 3.53. The van der Waals surface area contributed by atoms with Gasteiger partial charge >= 0.3 is 0 Å². The van der Waals surface area contributed by atoms with Gasteiger partial charge in [0.15, 0.2) is 0 Å². The molecule has 0 aliphatic heterocycles. The molecule has 0 radical (unpaired) electrons. The summed E-state index contributed by atoms with van der Waals surface area (Å²) < 4.78 is 5.15. The fraction of sp³-hybridized carbons (Fsp3) is 0.182. The van der Waals surface area contributed by atoms with Gasteiger partial charge in [0, 0.05) is 17.0 Å². The minimum atomic E-state index is 0.602. The van der Waals surface area contributed by atoms with Crippen LogP contribution in [0.3, 0.4) is 0 Å². The second kappa shape index (κ2) is 3.36. The van der Waals surface area contributed by atoms with Crippen LogP contribution in [0.2, 0.25) is 5.02 Å². The highest BCUT2D eigenvalue weighted by atomic mass is 35.5. The van der Waals surface area contributed by atoms with Crippen LogP contribution in [0.5, 0.6) is 0 Å². The van der Waals surface area contributed by atoms with Gasteiger partial charge < -0.3 is 4.74 Å². The van der Waals surface area contributed by atoms with Gasteiger partial charge in [0.25, 0.3) is 0 Å². The first-order valence-corrected chi connectivity index (χ1v) is 4.60. The SMILES string of the molecule is COC1=C(C#N)c2cc(Cl)ccc2C1. The highest BCUT2D eigenvalue weighted by Gasteiger charge is 2.22. The lowest BCUT2D eigenvalue weighted by molar-refractivity contribution is 0.288. The zero-order valence-electron chi connectivity index (χ0n) is 7.67. The van der Waals surface area contributed by atoms with E-state index >= 15 is 0 Å². The number of halogens is 1. The number of allylic oxidation sites excluding steroid dienone is 2. The summed E-state index contributed by atoms with van der Waals surface area (Å²) in [5, 5.41) is 9.62. The summed E-state index contributed by atoms with van der Waals surface area (Å²) >= 11 is 5.86. The maximum absolute atomic E-state index is 8.97. The van der Waals surface area contributed by atoms with Gasteiger partial charge in [-0.2, -0.15) is 5.26 Å². The molecule has 0 fully saturated rings. The van der Waals surface area contributed by atoms with Crippen molar-refractivity contribution < 1.29 is 4.74 Å². The van der Waals surface area contributed by atoms with Crippen LogP contribution >= 0.6 is 11.6 Å². The van der Waals surface area contributed by atoms with E-state index in [1.54, 1.807) is 7.11 Å². The van der Waals surface area contributed by atoms with E-state index in [-0.39, 0.29) is 0 Å². The number of fused-ring (bicyclic) bond motifs is 1. The number of nitrogens with zero attached hydrogens (tertiary/aromatic N) is 1. The molecule has 0 saturated heterocycles. The molecule has 70 valence electrons. The van der Waals surface area contributed by atoms with Crippen LogP contribution in [0.4, 0.5) is 0 Å². The molecule has 1 aromatic rings. The molecular formula is C11H8ClNO. The molecule has 0 atom stereocenters. The quantitative estimate of drug-likeness (QED) is 0.706. The molecule has 0 spiro atoms. The average Bonchev–Trinajstić information content (AvgIpc) is 2.54. The van der Waals surface area contributed by atoms with Crippen LogP contribution in [0.25, 0.3) is 5.57 Å². The lowest BCUT2D eigenvalue weighted by Gasteiger charge is -1.98. The van der Waals surface area contributed by atoms with Crippen molar-refractivity contribution in [2.75, 3.05) is 7.11 Å². The fourth-order valence-electron chi connectivity index (χ4n) is 1.64. The molecule has 0 aromatic heterocycles. The molecule has 1 aliphatic rings. The molecule has 14 heavy (non-hydrogen) atoms. The third-order valence-corrected chi connectivity index (χ3v) is 2.56. The van der Waals surface area contributed by atoms with Crippen LogP contribution in [-0.2, 0) is 11.2 Å². The van der Waals surface area contributed by atoms with Gasteiger partial charge in [-0.05, 0) is 17.7 Å². The zero-order valence-corrected chi connectivity index (χ0v) is 8.43. The van der Waals surface area contributed by atoms with E-state index in [0.717, 1.165) is 16.9 Å². The summed E-state index contributed by atoms with van der Waals surface area (Å²) in [5.74, 6) is 0.727. The van der Waals surface area contributed by atoms with Crippen LogP contribution < -0.4 is 0 Å². The Bertz CT molecular complexity index is 457. The van der Waals surface area contributed by atoms with Gasteiger partial charge in [-0.15, -0.1) is 0 Å². The van der Waals surface area contributed by atoms with Crippen molar-refractivity contribution in [3.63, 3.8) is 0 Å². The van der Waals surface area contributed by atoms with Crippen molar-refractivity contribution in [1.29, 1.82) is 5.26 Å². The maximum atomic E-state index is 8.97. The summed E-state index contributed by atoms with van der Waals surface area (Å²) in [6.07, 6.45) is 0.686. The molecule has 0 unspecified atom stereocenters. The van der Waals surface area contributed by atoms with E-state index in [1.165, 1.54) is 0 Å². The number of nitriles is 1. The molecular weight excluding hydrogens is 198 g/mol. The highest BCUT2D eigenvalue weighted by Crippen LogP contribution is 2.34. The Hall–Kier alpha value is -1.46. The molecule has 0 bridgehead atoms. The predicted molar refractivity (Wildman–Crippen MR) is 54.7 cm³/mol. The molecule has 1 aliphatic carbocycles. The molecule has 1 aromatic carbocycles. The van der Waals surface area contributed by atoms with Crippen LogP contribution in [-0.4, -0.2) is 7.11 Å². The Kier molecular flexibility index (Phi) is 2.18. The molecule has 0 N–H and O–H groups in total. The standard InChI is InChI=1S/C11H8ClNO/c1-14-11-4-7-2-3-8(12)5-9(7)10(11)6-13/h2-3,5H,4H2,1H3. The summed E-state index contributed by atoms with van der Waals surface area (Å²) in [6, 6.07) is 7.71. The average molecular weight is 206 g/mol. The normalized spacial score (nSPS) is 13.8. The van der Waals surface area contributed by atoms with Crippen molar-refractivity contribution in [1.82, 2.24) is 0 Å². The Labute approximate surface area is 87.4 Å². The molecule has 0 saturated carbocycles. The molecule has 0 amide bonds. The minimum Gasteiger partial charge on any atom is -0.499 e. The summed E-state index contributed by atoms with van der Waals surface area (Å²) in [4.78, 5) is 0. The minimum absolute atomic E-state index is 0.602. The third kappa shape index (κ3) is 1.26. The van der Waals surface area contributed by atoms with Gasteiger partial charge in [0.2, 0.25) is 0 Å². The first kappa shape index (κ1) is 9.11. The van der Waals surface area contributed by atoms with Crippen molar-refractivity contribution in [3.05, 3.63) is 40.1 Å². The first-order chi connectivity index (χ1) is 6.76. The fourth-order valence-corrected chi connectivity index (χ4v) is 1.82. The van der Waals surface area contributed by atoms with E-state index in [1.807, 2.05) is 18.2 Å². The Morgan fingerprint density at radius 2 is 2.29 bits per heavy atom. The topological polar surface area (TPSA) is 33.0 Å². The number of benzene rings is 1. The molecule has 2 nitrogen and oxygen atoms in total. The first-order valence-electron chi connectivity index (χ1n) is 4.22. The largest absolute Gasteiger partial charge is 0.499 e. The van der Waals surface area contributed by atoms with Crippen molar-refractivity contribution in [2.24, 2.45) is 0 Å². The van der Waals surface area contributed by atoms with E-state index in [4.69, 9.17) is 21.6 Å². The smallest absolute Gasteiger partial charge is 0.118 e. The van der Waals surface area contributed by atoms with Gasteiger partial charge in [-0.3, -0.25) is 0 Å². The number of hydrogen-bond acceptors (Lipinski definition) is 2. The predicted octanol–water partition coefficient (Wildman–Crippen LogP) is 2.78. The monoisotopic (exact) mass is 205 g/mol. The van der Waals surface area contributed by atoms with E-state index in [0.29, 0.717) is 17.0 Å². The van der Waals surface area contributed by atoms with Crippen LogP contribution in [0.15, 0.2) is 24.0 Å². The summed E-state index contributed by atoms with van der Waals surface area (Å²) in [7, 11) is 1.58. The van der Waals surface area contributed by atoms with E-state index in [2.05, 4.69) is 6.07 Å². The van der Waals surface area contributed by atoms with E-state index in [9.17, 15) is 0 Å². The zero-order chi connectivity index (χ0) is 10.1. The van der Waals surface area contributed by atoms with Gasteiger partial charge in [0.1, 0.15) is 11.8 Å². The molecule has 0 heterocycles. The Morgan fingerprint density at radius 1 is 1.50 bits per heavy atom. The van der Waals surface area contributed by atoms with Crippen molar-refractivity contribution in [3.8, 4) is 6.07 Å². The summed E-state index contributed by atoms with van der Waals surface area (Å²) in [6.45, 7) is 0. The lowest BCUT2D eigenvalue weighted by Crippen LogP contribution is -1.86. The highest BCUT2D eigenvalue weighted by molar-refractivity contribution is 6.30. The molecule has 2 rings (SSSR count). The van der Waals surface area contributed by atoms with Gasteiger partial charge in [0.05, 0.1) is 12.7 Å². The van der Waals surface area contributed by atoms with Crippen molar-refractivity contribution >= 4 is 17.2 Å². The van der Waals surface area contributed by atoms with Crippen molar-refractivity contribution in [2.45, 2.75) is 6.42 Å². The summed E-state index contributed by atoms with van der Waals surface area (Å²) in [5.41, 5.74) is 2.60. The third-order valence-electron chi connectivity index (χ3n) is 2.33. The number of ether oxygens (including phenoxy) is 1.